The van der Waals surface area contributed by atoms with Crippen molar-refractivity contribution in [3.05, 3.63) is 12.7 Å². The Balaban J connectivity index is 2.36. The molecule has 0 aromatic rings. The van der Waals surface area contributed by atoms with Crippen LogP contribution in [0.1, 0.15) is 33.1 Å². The van der Waals surface area contributed by atoms with Crippen LogP contribution in [0.25, 0.3) is 0 Å². The molecule has 1 fully saturated rings. The zero-order valence-electron chi connectivity index (χ0n) is 9.63. The molecule has 0 aromatic heterocycles. The Morgan fingerprint density at radius 2 is 2.43 bits per heavy atom. The van der Waals surface area contributed by atoms with Gasteiger partial charge >= 0.3 is 0 Å². The fraction of sp³-hybridized carbons (Fsp3) is 0.833. The lowest BCUT2D eigenvalue weighted by Crippen LogP contribution is -2.41. The third-order valence-corrected chi connectivity index (χ3v) is 3.05. The second kappa shape index (κ2) is 6.20. The predicted molar refractivity (Wildman–Crippen MR) is 62.5 cm³/mol. The van der Waals surface area contributed by atoms with Gasteiger partial charge in [0.25, 0.3) is 0 Å². The largest absolute Gasteiger partial charge is 0.313 e. The minimum absolute atomic E-state index is 0.511. The molecule has 1 aliphatic rings. The van der Waals surface area contributed by atoms with E-state index in [2.05, 4.69) is 30.6 Å². The Kier molecular flexibility index (Phi) is 5.20. The van der Waals surface area contributed by atoms with Crippen LogP contribution in [0.3, 0.4) is 0 Å². The van der Waals surface area contributed by atoms with Crippen molar-refractivity contribution in [1.29, 1.82) is 0 Å². The van der Waals surface area contributed by atoms with Gasteiger partial charge in [0.1, 0.15) is 0 Å². The van der Waals surface area contributed by atoms with Crippen molar-refractivity contribution in [1.82, 2.24) is 10.2 Å². The first kappa shape index (κ1) is 11.7. The van der Waals surface area contributed by atoms with E-state index >= 15 is 0 Å². The molecule has 1 aliphatic heterocycles. The molecule has 1 saturated heterocycles. The van der Waals surface area contributed by atoms with Gasteiger partial charge in [0.15, 0.2) is 0 Å². The average molecular weight is 196 g/mol. The molecule has 0 saturated carbocycles. The summed E-state index contributed by atoms with van der Waals surface area (Å²) in [5.41, 5.74) is 0. The van der Waals surface area contributed by atoms with Gasteiger partial charge in [-0.2, -0.15) is 0 Å². The van der Waals surface area contributed by atoms with Gasteiger partial charge in [-0.1, -0.05) is 13.0 Å². The van der Waals surface area contributed by atoms with Crippen molar-refractivity contribution in [3.8, 4) is 0 Å². The summed E-state index contributed by atoms with van der Waals surface area (Å²) in [5.74, 6) is 0. The zero-order chi connectivity index (χ0) is 10.4. The first-order valence-corrected chi connectivity index (χ1v) is 5.88. The van der Waals surface area contributed by atoms with Gasteiger partial charge in [-0.15, -0.1) is 6.58 Å². The van der Waals surface area contributed by atoms with Crippen LogP contribution in [0, 0.1) is 0 Å². The molecule has 82 valence electrons. The lowest BCUT2D eigenvalue weighted by molar-refractivity contribution is 0.220. The number of hydrogen-bond acceptors (Lipinski definition) is 2. The molecule has 2 atom stereocenters. The lowest BCUT2D eigenvalue weighted by Gasteiger charge is -2.29. The summed E-state index contributed by atoms with van der Waals surface area (Å²) < 4.78 is 0. The smallest absolute Gasteiger partial charge is 0.0247 e. The van der Waals surface area contributed by atoms with E-state index in [4.69, 9.17) is 0 Å². The van der Waals surface area contributed by atoms with Crippen LogP contribution in [-0.2, 0) is 0 Å². The number of rotatable bonds is 6. The normalized spacial score (nSPS) is 24.1. The SMILES string of the molecule is C=CC(C)N(CCC)CC1CCCN1. The van der Waals surface area contributed by atoms with Crippen LogP contribution in [0.15, 0.2) is 12.7 Å². The highest BCUT2D eigenvalue weighted by Gasteiger charge is 2.19. The summed E-state index contributed by atoms with van der Waals surface area (Å²) in [7, 11) is 0. The summed E-state index contributed by atoms with van der Waals surface area (Å²) in [6.45, 7) is 11.9. The Labute approximate surface area is 88.4 Å². The van der Waals surface area contributed by atoms with Crippen LogP contribution in [-0.4, -0.2) is 36.6 Å². The predicted octanol–water partition coefficient (Wildman–Crippen LogP) is 2.02. The molecule has 0 spiro atoms. The van der Waals surface area contributed by atoms with E-state index in [1.54, 1.807) is 0 Å². The van der Waals surface area contributed by atoms with Gasteiger partial charge in [-0.25, -0.2) is 0 Å². The van der Waals surface area contributed by atoms with Gasteiger partial charge in [0.05, 0.1) is 0 Å². The zero-order valence-corrected chi connectivity index (χ0v) is 9.63. The van der Waals surface area contributed by atoms with Crippen molar-refractivity contribution >= 4 is 0 Å². The fourth-order valence-corrected chi connectivity index (χ4v) is 2.09. The van der Waals surface area contributed by atoms with Gasteiger partial charge < -0.3 is 5.32 Å². The molecule has 1 N–H and O–H groups in total. The molecule has 1 heterocycles. The molecule has 2 unspecified atom stereocenters. The molecular formula is C12H24N2. The summed E-state index contributed by atoms with van der Waals surface area (Å²) in [4.78, 5) is 2.52. The number of hydrogen-bond donors (Lipinski definition) is 1. The lowest BCUT2D eigenvalue weighted by atomic mass is 10.1. The summed E-state index contributed by atoms with van der Waals surface area (Å²) >= 11 is 0. The maximum atomic E-state index is 3.88. The Morgan fingerprint density at radius 3 is 2.93 bits per heavy atom. The van der Waals surface area contributed by atoms with E-state index in [0.717, 1.165) is 0 Å². The first-order valence-electron chi connectivity index (χ1n) is 5.88. The maximum Gasteiger partial charge on any atom is 0.0247 e. The van der Waals surface area contributed by atoms with E-state index in [1.165, 1.54) is 38.9 Å². The van der Waals surface area contributed by atoms with E-state index in [0.29, 0.717) is 12.1 Å². The minimum atomic E-state index is 0.511. The molecular weight excluding hydrogens is 172 g/mol. The van der Waals surface area contributed by atoms with Crippen LogP contribution < -0.4 is 5.32 Å². The third kappa shape index (κ3) is 3.43. The Morgan fingerprint density at radius 1 is 1.64 bits per heavy atom. The molecule has 0 radical (unpaired) electrons. The topological polar surface area (TPSA) is 15.3 Å². The monoisotopic (exact) mass is 196 g/mol. The standard InChI is InChI=1S/C12H24N2/c1-4-9-14(11(3)5-2)10-12-7-6-8-13-12/h5,11-13H,2,4,6-10H2,1,3H3. The van der Waals surface area contributed by atoms with Crippen LogP contribution in [0.2, 0.25) is 0 Å². The van der Waals surface area contributed by atoms with Gasteiger partial charge in [-0.05, 0) is 39.3 Å². The molecule has 0 aromatic carbocycles. The molecule has 0 aliphatic carbocycles. The molecule has 2 heteroatoms. The quantitative estimate of drug-likeness (QED) is 0.654. The van der Waals surface area contributed by atoms with Gasteiger partial charge in [0, 0.05) is 18.6 Å². The fourth-order valence-electron chi connectivity index (χ4n) is 2.09. The first-order chi connectivity index (χ1) is 6.77. The summed E-state index contributed by atoms with van der Waals surface area (Å²) in [6.07, 6.45) is 5.95. The van der Waals surface area contributed by atoms with Crippen molar-refractivity contribution in [3.63, 3.8) is 0 Å². The Hall–Kier alpha value is -0.340. The maximum absolute atomic E-state index is 3.88. The average Bonchev–Trinajstić information content (AvgIpc) is 2.68. The van der Waals surface area contributed by atoms with Gasteiger partial charge in [-0.3, -0.25) is 4.90 Å². The van der Waals surface area contributed by atoms with E-state index < -0.39 is 0 Å². The number of nitrogens with zero attached hydrogens (tertiary/aromatic N) is 1. The molecule has 1 rings (SSSR count). The highest BCUT2D eigenvalue weighted by Crippen LogP contribution is 2.10. The highest BCUT2D eigenvalue weighted by molar-refractivity contribution is 4.87. The molecule has 2 nitrogen and oxygen atoms in total. The van der Waals surface area contributed by atoms with E-state index in [1.807, 2.05) is 6.08 Å². The van der Waals surface area contributed by atoms with Crippen molar-refractivity contribution in [2.24, 2.45) is 0 Å². The van der Waals surface area contributed by atoms with Crippen molar-refractivity contribution < 1.29 is 0 Å². The van der Waals surface area contributed by atoms with Crippen molar-refractivity contribution in [2.75, 3.05) is 19.6 Å². The molecule has 0 bridgehead atoms. The third-order valence-electron chi connectivity index (χ3n) is 3.05. The van der Waals surface area contributed by atoms with Crippen LogP contribution in [0.5, 0.6) is 0 Å². The second-order valence-electron chi connectivity index (χ2n) is 4.26. The Bertz CT molecular complexity index is 162. The van der Waals surface area contributed by atoms with Crippen molar-refractivity contribution in [2.45, 2.75) is 45.2 Å². The van der Waals surface area contributed by atoms with Gasteiger partial charge in [0.2, 0.25) is 0 Å². The van der Waals surface area contributed by atoms with Crippen LogP contribution >= 0.6 is 0 Å². The number of nitrogens with one attached hydrogen (secondary N) is 1. The molecule has 0 amide bonds. The summed E-state index contributed by atoms with van der Waals surface area (Å²) in [5, 5.41) is 3.55. The highest BCUT2D eigenvalue weighted by atomic mass is 15.2. The molecule has 14 heavy (non-hydrogen) atoms. The second-order valence-corrected chi connectivity index (χ2v) is 4.26. The van der Waals surface area contributed by atoms with E-state index in [-0.39, 0.29) is 0 Å². The van der Waals surface area contributed by atoms with Crippen LogP contribution in [0.4, 0.5) is 0 Å². The summed E-state index contributed by atoms with van der Waals surface area (Å²) in [6, 6.07) is 1.22. The minimum Gasteiger partial charge on any atom is -0.313 e. The van der Waals surface area contributed by atoms with E-state index in [9.17, 15) is 0 Å².